The molecule has 0 spiro atoms. The molecule has 0 bridgehead atoms. The van der Waals surface area contributed by atoms with Crippen LogP contribution in [0.5, 0.6) is 5.75 Å². The number of hydrogen-bond acceptors (Lipinski definition) is 3. The summed E-state index contributed by atoms with van der Waals surface area (Å²) in [7, 11) is 0. The first-order valence-electron chi connectivity index (χ1n) is 6.79. The van der Waals surface area contributed by atoms with Crippen LogP contribution in [0, 0.1) is 0 Å². The van der Waals surface area contributed by atoms with Crippen LogP contribution in [-0.2, 0) is 6.54 Å². The highest BCUT2D eigenvalue weighted by molar-refractivity contribution is 6.31. The maximum absolute atomic E-state index is 11.5. The number of benzene rings is 1. The van der Waals surface area contributed by atoms with E-state index in [0.29, 0.717) is 23.2 Å². The Labute approximate surface area is 119 Å². The van der Waals surface area contributed by atoms with E-state index < -0.39 is 0 Å². The largest absolute Gasteiger partial charge is 0.507 e. The maximum Gasteiger partial charge on any atom is 0.163 e. The summed E-state index contributed by atoms with van der Waals surface area (Å²) in [6.45, 7) is 5.26. The van der Waals surface area contributed by atoms with Gasteiger partial charge in [0.05, 0.1) is 5.56 Å². The fourth-order valence-electron chi connectivity index (χ4n) is 2.38. The van der Waals surface area contributed by atoms with E-state index in [4.69, 9.17) is 11.6 Å². The number of Topliss-reactive ketones (excluding diaryl/α,β-unsaturated/α-hetero) is 1. The fraction of sp³-hybridized carbons (Fsp3) is 0.533. The van der Waals surface area contributed by atoms with Gasteiger partial charge in [-0.15, -0.1) is 0 Å². The molecule has 0 unspecified atom stereocenters. The zero-order valence-electron chi connectivity index (χ0n) is 11.4. The number of carbonyl (C=O) groups is 1. The zero-order chi connectivity index (χ0) is 14.0. The molecule has 0 saturated heterocycles. The van der Waals surface area contributed by atoms with Crippen molar-refractivity contribution < 1.29 is 9.90 Å². The number of ketones is 1. The Morgan fingerprint density at radius 1 is 1.47 bits per heavy atom. The van der Waals surface area contributed by atoms with Gasteiger partial charge in [0.2, 0.25) is 0 Å². The molecule has 1 saturated carbocycles. The summed E-state index contributed by atoms with van der Waals surface area (Å²) < 4.78 is 0. The average molecular weight is 282 g/mol. The van der Waals surface area contributed by atoms with Gasteiger partial charge in [-0.1, -0.05) is 18.5 Å². The topological polar surface area (TPSA) is 40.5 Å². The summed E-state index contributed by atoms with van der Waals surface area (Å²) in [5.41, 5.74) is 1.06. The van der Waals surface area contributed by atoms with Crippen LogP contribution < -0.4 is 0 Å². The standard InChI is InChI=1S/C15H20ClNO2/c1-3-6-17(13-4-5-13)9-11-7-12(16)8-14(10(2)18)15(11)19/h7-8,13,19H,3-6,9H2,1-2H3. The maximum atomic E-state index is 11.5. The van der Waals surface area contributed by atoms with Gasteiger partial charge < -0.3 is 5.11 Å². The fourth-order valence-corrected chi connectivity index (χ4v) is 2.62. The normalized spacial score (nSPS) is 14.9. The summed E-state index contributed by atoms with van der Waals surface area (Å²) in [5, 5.41) is 10.7. The Bertz CT molecular complexity index is 483. The molecule has 0 aliphatic heterocycles. The molecule has 19 heavy (non-hydrogen) atoms. The smallest absolute Gasteiger partial charge is 0.163 e. The van der Waals surface area contributed by atoms with Gasteiger partial charge in [-0.3, -0.25) is 9.69 Å². The Morgan fingerprint density at radius 2 is 2.16 bits per heavy atom. The van der Waals surface area contributed by atoms with Crippen molar-refractivity contribution in [2.45, 2.75) is 45.7 Å². The van der Waals surface area contributed by atoms with E-state index in [9.17, 15) is 9.90 Å². The van der Waals surface area contributed by atoms with Crippen LogP contribution in [0.25, 0.3) is 0 Å². The zero-order valence-corrected chi connectivity index (χ0v) is 12.2. The molecule has 0 radical (unpaired) electrons. The second-order valence-corrected chi connectivity index (χ2v) is 5.66. The first-order valence-corrected chi connectivity index (χ1v) is 7.17. The third-order valence-electron chi connectivity index (χ3n) is 3.48. The minimum atomic E-state index is -0.158. The molecule has 1 fully saturated rings. The Kier molecular flexibility index (Phi) is 4.48. The van der Waals surface area contributed by atoms with Gasteiger partial charge in [-0.25, -0.2) is 0 Å². The van der Waals surface area contributed by atoms with E-state index >= 15 is 0 Å². The van der Waals surface area contributed by atoms with Crippen molar-refractivity contribution in [3.8, 4) is 5.75 Å². The lowest BCUT2D eigenvalue weighted by Gasteiger charge is -2.22. The molecule has 0 atom stereocenters. The second-order valence-electron chi connectivity index (χ2n) is 5.22. The van der Waals surface area contributed by atoms with Gasteiger partial charge in [0.1, 0.15) is 5.75 Å². The van der Waals surface area contributed by atoms with Gasteiger partial charge in [0.15, 0.2) is 5.78 Å². The van der Waals surface area contributed by atoms with Crippen LogP contribution in [-0.4, -0.2) is 28.4 Å². The second kappa shape index (κ2) is 5.93. The highest BCUT2D eigenvalue weighted by atomic mass is 35.5. The number of carbonyl (C=O) groups excluding carboxylic acids is 1. The van der Waals surface area contributed by atoms with Crippen LogP contribution in [0.1, 0.15) is 49.0 Å². The lowest BCUT2D eigenvalue weighted by atomic mass is 10.1. The molecule has 1 aromatic carbocycles. The predicted octanol–water partition coefficient (Wildman–Crippen LogP) is 3.62. The van der Waals surface area contributed by atoms with E-state index in [1.807, 2.05) is 0 Å². The first kappa shape index (κ1) is 14.4. The molecule has 0 aromatic heterocycles. The lowest BCUT2D eigenvalue weighted by molar-refractivity contribution is 0.101. The molecule has 1 aliphatic carbocycles. The Hall–Kier alpha value is -1.06. The monoisotopic (exact) mass is 281 g/mol. The van der Waals surface area contributed by atoms with Crippen LogP contribution in [0.2, 0.25) is 5.02 Å². The van der Waals surface area contributed by atoms with Gasteiger partial charge in [-0.2, -0.15) is 0 Å². The first-order chi connectivity index (χ1) is 9.02. The third kappa shape index (κ3) is 3.48. The quantitative estimate of drug-likeness (QED) is 0.810. The highest BCUT2D eigenvalue weighted by Crippen LogP contribution is 2.33. The lowest BCUT2D eigenvalue weighted by Crippen LogP contribution is -2.26. The molecule has 0 heterocycles. The number of phenolic OH excluding ortho intramolecular Hbond substituents is 1. The Balaban J connectivity index is 2.25. The molecule has 3 nitrogen and oxygen atoms in total. The summed E-state index contributed by atoms with van der Waals surface area (Å²) in [5.74, 6) is -0.0756. The van der Waals surface area contributed by atoms with Crippen LogP contribution >= 0.6 is 11.6 Å². The van der Waals surface area contributed by atoms with E-state index in [0.717, 1.165) is 18.5 Å². The molecule has 0 amide bonds. The molecule has 1 aromatic rings. The summed E-state index contributed by atoms with van der Waals surface area (Å²) in [4.78, 5) is 13.9. The minimum Gasteiger partial charge on any atom is -0.507 e. The molecule has 4 heteroatoms. The van der Waals surface area contributed by atoms with Crippen molar-refractivity contribution in [2.24, 2.45) is 0 Å². The van der Waals surface area contributed by atoms with Gasteiger partial charge in [-0.05, 0) is 44.9 Å². The number of phenols is 1. The van der Waals surface area contributed by atoms with Crippen molar-refractivity contribution >= 4 is 17.4 Å². The molecule has 1 aliphatic rings. The number of nitrogens with zero attached hydrogens (tertiary/aromatic N) is 1. The highest BCUT2D eigenvalue weighted by Gasteiger charge is 2.29. The molecular weight excluding hydrogens is 262 g/mol. The van der Waals surface area contributed by atoms with E-state index in [-0.39, 0.29) is 11.5 Å². The van der Waals surface area contributed by atoms with E-state index in [1.165, 1.54) is 25.8 Å². The summed E-state index contributed by atoms with van der Waals surface area (Å²) in [6.07, 6.45) is 3.53. The number of hydrogen-bond donors (Lipinski definition) is 1. The third-order valence-corrected chi connectivity index (χ3v) is 3.70. The number of rotatable bonds is 6. The molecule has 2 rings (SSSR count). The van der Waals surface area contributed by atoms with Gasteiger partial charge in [0.25, 0.3) is 0 Å². The average Bonchev–Trinajstić information content (AvgIpc) is 3.16. The van der Waals surface area contributed by atoms with Crippen molar-refractivity contribution in [1.29, 1.82) is 0 Å². The van der Waals surface area contributed by atoms with E-state index in [2.05, 4.69) is 11.8 Å². The number of aromatic hydroxyl groups is 1. The van der Waals surface area contributed by atoms with Crippen LogP contribution in [0.3, 0.4) is 0 Å². The molecule has 1 N–H and O–H groups in total. The van der Waals surface area contributed by atoms with Crippen LogP contribution in [0.15, 0.2) is 12.1 Å². The van der Waals surface area contributed by atoms with Crippen molar-refractivity contribution in [3.05, 3.63) is 28.3 Å². The van der Waals surface area contributed by atoms with Crippen LogP contribution in [0.4, 0.5) is 0 Å². The van der Waals surface area contributed by atoms with Crippen molar-refractivity contribution in [2.75, 3.05) is 6.54 Å². The molecule has 104 valence electrons. The minimum absolute atomic E-state index is 0.0821. The number of halogens is 1. The van der Waals surface area contributed by atoms with Crippen molar-refractivity contribution in [3.63, 3.8) is 0 Å². The van der Waals surface area contributed by atoms with E-state index in [1.54, 1.807) is 6.07 Å². The van der Waals surface area contributed by atoms with Crippen molar-refractivity contribution in [1.82, 2.24) is 4.90 Å². The predicted molar refractivity (Wildman–Crippen MR) is 76.8 cm³/mol. The SMILES string of the molecule is CCCN(Cc1cc(Cl)cc(C(C)=O)c1O)C1CC1. The summed E-state index contributed by atoms with van der Waals surface area (Å²) in [6, 6.07) is 3.91. The molecular formula is C15H20ClNO2. The summed E-state index contributed by atoms with van der Waals surface area (Å²) >= 11 is 6.04. The van der Waals surface area contributed by atoms with Gasteiger partial charge in [0, 0.05) is 23.2 Å². The van der Waals surface area contributed by atoms with Gasteiger partial charge >= 0.3 is 0 Å². The Morgan fingerprint density at radius 3 is 2.68 bits per heavy atom.